The van der Waals surface area contributed by atoms with Crippen LogP contribution >= 0.6 is 0 Å². The molecule has 0 aliphatic heterocycles. The van der Waals surface area contributed by atoms with E-state index in [1.807, 2.05) is 19.1 Å². The van der Waals surface area contributed by atoms with Gasteiger partial charge < -0.3 is 11.1 Å². The van der Waals surface area contributed by atoms with Crippen LogP contribution in [0.3, 0.4) is 0 Å². The van der Waals surface area contributed by atoms with Gasteiger partial charge in [-0.25, -0.2) is 0 Å². The number of nitrogen functional groups attached to an aromatic ring is 1. The molecular weight excluding hydrogens is 252 g/mol. The van der Waals surface area contributed by atoms with Crippen LogP contribution in [-0.2, 0) is 4.79 Å². The van der Waals surface area contributed by atoms with E-state index in [9.17, 15) is 4.79 Å². The number of nitrogens with one attached hydrogen (secondary N) is 1. The molecule has 0 radical (unpaired) electrons. The number of anilines is 2. The minimum Gasteiger partial charge on any atom is -0.398 e. The van der Waals surface area contributed by atoms with E-state index in [4.69, 9.17) is 11.0 Å². The smallest absolute Gasteiger partial charge is 0.238 e. The summed E-state index contributed by atoms with van der Waals surface area (Å²) in [5.41, 5.74) is 8.21. The van der Waals surface area contributed by atoms with Crippen LogP contribution in [0.1, 0.15) is 24.8 Å². The normalized spacial score (nSPS) is 14.1. The van der Waals surface area contributed by atoms with E-state index in [-0.39, 0.29) is 5.91 Å². The van der Waals surface area contributed by atoms with Crippen molar-refractivity contribution >= 4 is 17.3 Å². The number of nitriles is 1. The van der Waals surface area contributed by atoms with Crippen molar-refractivity contribution in [2.75, 3.05) is 24.1 Å². The minimum absolute atomic E-state index is 0.0573. The SMILES string of the molecule is Cc1ccc(NC(=O)CN(CCC#N)C2CC2)cc1N. The molecule has 1 aromatic carbocycles. The van der Waals surface area contributed by atoms with Crippen molar-refractivity contribution in [1.29, 1.82) is 5.26 Å². The number of carbonyl (C=O) groups is 1. The number of nitrogens with two attached hydrogens (primary N) is 1. The fraction of sp³-hybridized carbons (Fsp3) is 0.467. The Hall–Kier alpha value is -2.06. The average molecular weight is 272 g/mol. The number of hydrogen-bond acceptors (Lipinski definition) is 4. The molecule has 0 atom stereocenters. The summed E-state index contributed by atoms with van der Waals surface area (Å²) in [6.45, 7) is 2.92. The number of nitrogens with zero attached hydrogens (tertiary/aromatic N) is 2. The summed E-state index contributed by atoms with van der Waals surface area (Å²) in [5.74, 6) is -0.0573. The zero-order chi connectivity index (χ0) is 14.5. The summed E-state index contributed by atoms with van der Waals surface area (Å²) in [7, 11) is 0. The molecule has 1 aliphatic rings. The number of aryl methyl sites for hydroxylation is 1. The second kappa shape index (κ2) is 6.40. The maximum absolute atomic E-state index is 12.0. The Morgan fingerprint density at radius 1 is 1.55 bits per heavy atom. The van der Waals surface area contributed by atoms with Gasteiger partial charge in [-0.3, -0.25) is 9.69 Å². The van der Waals surface area contributed by atoms with Crippen LogP contribution in [0.25, 0.3) is 0 Å². The first-order valence-corrected chi connectivity index (χ1v) is 6.87. The van der Waals surface area contributed by atoms with E-state index in [1.165, 1.54) is 0 Å². The van der Waals surface area contributed by atoms with E-state index in [2.05, 4.69) is 16.3 Å². The van der Waals surface area contributed by atoms with Gasteiger partial charge in [0.1, 0.15) is 0 Å². The maximum atomic E-state index is 12.0. The first-order chi connectivity index (χ1) is 9.60. The van der Waals surface area contributed by atoms with Gasteiger partial charge in [-0.05, 0) is 37.5 Å². The first kappa shape index (κ1) is 14.4. The summed E-state index contributed by atoms with van der Waals surface area (Å²) in [6.07, 6.45) is 2.70. The second-order valence-corrected chi connectivity index (χ2v) is 5.23. The van der Waals surface area contributed by atoms with Crippen LogP contribution in [0.2, 0.25) is 0 Å². The van der Waals surface area contributed by atoms with Crippen molar-refractivity contribution < 1.29 is 4.79 Å². The van der Waals surface area contributed by atoms with Crippen LogP contribution in [-0.4, -0.2) is 29.9 Å². The minimum atomic E-state index is -0.0573. The Labute approximate surface area is 119 Å². The van der Waals surface area contributed by atoms with Crippen molar-refractivity contribution in [2.24, 2.45) is 0 Å². The van der Waals surface area contributed by atoms with Gasteiger partial charge in [0.05, 0.1) is 12.6 Å². The van der Waals surface area contributed by atoms with Crippen LogP contribution < -0.4 is 11.1 Å². The molecule has 1 amide bonds. The maximum Gasteiger partial charge on any atom is 0.238 e. The highest BCUT2D eigenvalue weighted by atomic mass is 16.2. The standard InChI is InChI=1S/C15H20N4O/c1-11-3-4-12(9-14(11)17)18-15(20)10-19(8-2-7-16)13-5-6-13/h3-4,9,13H,2,5-6,8,10,17H2,1H3,(H,18,20). The zero-order valence-electron chi connectivity index (χ0n) is 11.7. The fourth-order valence-corrected chi connectivity index (χ4v) is 2.13. The summed E-state index contributed by atoms with van der Waals surface area (Å²) in [4.78, 5) is 14.1. The van der Waals surface area contributed by atoms with Crippen molar-refractivity contribution in [3.8, 4) is 6.07 Å². The Morgan fingerprint density at radius 3 is 2.90 bits per heavy atom. The molecule has 0 spiro atoms. The van der Waals surface area contributed by atoms with Gasteiger partial charge in [0.15, 0.2) is 0 Å². The Kier molecular flexibility index (Phi) is 4.59. The molecule has 1 saturated carbocycles. The molecule has 0 heterocycles. The highest BCUT2D eigenvalue weighted by Crippen LogP contribution is 2.26. The summed E-state index contributed by atoms with van der Waals surface area (Å²) < 4.78 is 0. The van der Waals surface area contributed by atoms with Gasteiger partial charge in [-0.15, -0.1) is 0 Å². The molecule has 106 valence electrons. The number of carbonyl (C=O) groups excluding carboxylic acids is 1. The number of benzene rings is 1. The molecule has 3 N–H and O–H groups in total. The van der Waals surface area contributed by atoms with Crippen molar-refractivity contribution in [2.45, 2.75) is 32.2 Å². The van der Waals surface area contributed by atoms with E-state index >= 15 is 0 Å². The van der Waals surface area contributed by atoms with Crippen LogP contribution in [0.5, 0.6) is 0 Å². The van der Waals surface area contributed by atoms with Crippen LogP contribution in [0.4, 0.5) is 11.4 Å². The zero-order valence-corrected chi connectivity index (χ0v) is 11.7. The highest BCUT2D eigenvalue weighted by Gasteiger charge is 2.29. The number of amides is 1. The van der Waals surface area contributed by atoms with Gasteiger partial charge in [0, 0.05) is 30.4 Å². The second-order valence-electron chi connectivity index (χ2n) is 5.23. The highest BCUT2D eigenvalue weighted by molar-refractivity contribution is 5.92. The predicted octanol–water partition coefficient (Wildman–Crippen LogP) is 1.89. The third-order valence-corrected chi connectivity index (χ3v) is 3.48. The number of hydrogen-bond donors (Lipinski definition) is 2. The molecule has 0 aromatic heterocycles. The Balaban J connectivity index is 1.90. The van der Waals surface area contributed by atoms with E-state index in [1.54, 1.807) is 6.07 Å². The topological polar surface area (TPSA) is 82.2 Å². The van der Waals surface area contributed by atoms with Gasteiger partial charge in [0.2, 0.25) is 5.91 Å². The summed E-state index contributed by atoms with van der Waals surface area (Å²) in [5, 5.41) is 11.5. The predicted molar refractivity (Wildman–Crippen MR) is 79.0 cm³/mol. The third-order valence-electron chi connectivity index (χ3n) is 3.48. The van der Waals surface area contributed by atoms with Gasteiger partial charge in [-0.1, -0.05) is 6.07 Å². The lowest BCUT2D eigenvalue weighted by Gasteiger charge is -2.20. The molecular formula is C15H20N4O. The van der Waals surface area contributed by atoms with Crippen molar-refractivity contribution in [3.63, 3.8) is 0 Å². The molecule has 1 aromatic rings. The monoisotopic (exact) mass is 272 g/mol. The Morgan fingerprint density at radius 2 is 2.30 bits per heavy atom. The molecule has 1 aliphatic carbocycles. The molecule has 5 nitrogen and oxygen atoms in total. The molecule has 1 fully saturated rings. The lowest BCUT2D eigenvalue weighted by Crippen LogP contribution is -2.35. The van der Waals surface area contributed by atoms with E-state index < -0.39 is 0 Å². The molecule has 20 heavy (non-hydrogen) atoms. The van der Waals surface area contributed by atoms with Crippen LogP contribution in [0.15, 0.2) is 18.2 Å². The van der Waals surface area contributed by atoms with E-state index in [0.29, 0.717) is 36.9 Å². The molecule has 2 rings (SSSR count). The third kappa shape index (κ3) is 3.97. The van der Waals surface area contributed by atoms with Crippen LogP contribution in [0, 0.1) is 18.3 Å². The summed E-state index contributed by atoms with van der Waals surface area (Å²) in [6, 6.07) is 8.10. The van der Waals surface area contributed by atoms with Crippen molar-refractivity contribution in [3.05, 3.63) is 23.8 Å². The van der Waals surface area contributed by atoms with Gasteiger partial charge in [0.25, 0.3) is 0 Å². The molecule has 0 unspecified atom stereocenters. The molecule has 0 bridgehead atoms. The van der Waals surface area contributed by atoms with E-state index in [0.717, 1.165) is 18.4 Å². The largest absolute Gasteiger partial charge is 0.398 e. The summed E-state index contributed by atoms with van der Waals surface area (Å²) >= 11 is 0. The van der Waals surface area contributed by atoms with Gasteiger partial charge in [-0.2, -0.15) is 5.26 Å². The average Bonchev–Trinajstić information content (AvgIpc) is 3.23. The van der Waals surface area contributed by atoms with Gasteiger partial charge >= 0.3 is 0 Å². The fourth-order valence-electron chi connectivity index (χ4n) is 2.13. The first-order valence-electron chi connectivity index (χ1n) is 6.87. The number of rotatable bonds is 6. The molecule has 0 saturated heterocycles. The lowest BCUT2D eigenvalue weighted by molar-refractivity contribution is -0.117. The lowest BCUT2D eigenvalue weighted by atomic mass is 10.2. The van der Waals surface area contributed by atoms with Crippen molar-refractivity contribution in [1.82, 2.24) is 4.90 Å². The molecule has 5 heteroatoms. The Bertz CT molecular complexity index is 531. The quantitative estimate of drug-likeness (QED) is 0.775.